The van der Waals surface area contributed by atoms with Crippen LogP contribution in [0.4, 0.5) is 4.79 Å². The van der Waals surface area contributed by atoms with Crippen LogP contribution < -0.4 is 10.6 Å². The Morgan fingerprint density at radius 1 is 1.27 bits per heavy atom. The van der Waals surface area contributed by atoms with Gasteiger partial charge in [0.25, 0.3) is 0 Å². The summed E-state index contributed by atoms with van der Waals surface area (Å²) in [4.78, 5) is 12.0. The molecule has 1 rings (SSSR count). The minimum Gasteiger partial charge on any atom is -0.396 e. The first-order valence-electron chi connectivity index (χ1n) is 8.07. The largest absolute Gasteiger partial charge is 0.396 e. The molecule has 0 aliphatic carbocycles. The molecule has 4 heteroatoms. The number of aliphatic hydroxyl groups is 1. The predicted octanol–water partition coefficient (Wildman–Crippen LogP) is 3.02. The van der Waals surface area contributed by atoms with Crippen molar-refractivity contribution in [1.29, 1.82) is 0 Å². The van der Waals surface area contributed by atoms with Crippen molar-refractivity contribution >= 4 is 6.03 Å². The van der Waals surface area contributed by atoms with Gasteiger partial charge in [0, 0.05) is 19.2 Å². The molecule has 0 spiro atoms. The SMILES string of the molecule is CCC(Cc1ccc(C)cc1)NC(=O)NCC(C)(C)CCO. The molecule has 124 valence electrons. The van der Waals surface area contributed by atoms with Gasteiger partial charge >= 0.3 is 6.03 Å². The van der Waals surface area contributed by atoms with Gasteiger partial charge < -0.3 is 15.7 Å². The molecule has 0 aromatic heterocycles. The smallest absolute Gasteiger partial charge is 0.315 e. The van der Waals surface area contributed by atoms with Crippen molar-refractivity contribution in [3.63, 3.8) is 0 Å². The number of nitrogens with one attached hydrogen (secondary N) is 2. The first-order valence-corrected chi connectivity index (χ1v) is 8.07. The van der Waals surface area contributed by atoms with Gasteiger partial charge in [0.2, 0.25) is 0 Å². The van der Waals surface area contributed by atoms with Gasteiger partial charge in [-0.15, -0.1) is 0 Å². The van der Waals surface area contributed by atoms with E-state index in [1.165, 1.54) is 11.1 Å². The number of hydrogen-bond donors (Lipinski definition) is 3. The molecular formula is C18H30N2O2. The third kappa shape index (κ3) is 6.94. The lowest BCUT2D eigenvalue weighted by Crippen LogP contribution is -2.45. The second-order valence-corrected chi connectivity index (χ2v) is 6.76. The highest BCUT2D eigenvalue weighted by atomic mass is 16.3. The number of rotatable bonds is 8. The van der Waals surface area contributed by atoms with Crippen LogP contribution in [0.5, 0.6) is 0 Å². The average Bonchev–Trinajstić information content (AvgIpc) is 2.47. The highest BCUT2D eigenvalue weighted by Crippen LogP contribution is 2.17. The number of benzene rings is 1. The maximum absolute atomic E-state index is 12.0. The second kappa shape index (κ2) is 8.79. The second-order valence-electron chi connectivity index (χ2n) is 6.76. The van der Waals surface area contributed by atoms with Crippen molar-refractivity contribution in [2.75, 3.05) is 13.2 Å². The number of aliphatic hydroxyl groups excluding tert-OH is 1. The number of hydrogen-bond acceptors (Lipinski definition) is 2. The van der Waals surface area contributed by atoms with Crippen LogP contribution in [0, 0.1) is 12.3 Å². The van der Waals surface area contributed by atoms with Gasteiger partial charge in [0.1, 0.15) is 0 Å². The molecule has 0 radical (unpaired) electrons. The molecule has 1 aromatic rings. The van der Waals surface area contributed by atoms with Crippen LogP contribution in [0.1, 0.15) is 44.7 Å². The molecule has 1 atom stereocenters. The van der Waals surface area contributed by atoms with E-state index in [1.807, 2.05) is 13.8 Å². The van der Waals surface area contributed by atoms with E-state index < -0.39 is 0 Å². The van der Waals surface area contributed by atoms with E-state index in [4.69, 9.17) is 5.11 Å². The maximum Gasteiger partial charge on any atom is 0.315 e. The summed E-state index contributed by atoms with van der Waals surface area (Å²) in [5, 5.41) is 14.9. The van der Waals surface area contributed by atoms with Gasteiger partial charge in [-0.1, -0.05) is 50.6 Å². The Kier molecular flexibility index (Phi) is 7.39. The Morgan fingerprint density at radius 3 is 2.45 bits per heavy atom. The summed E-state index contributed by atoms with van der Waals surface area (Å²) >= 11 is 0. The first kappa shape index (κ1) is 18.5. The summed E-state index contributed by atoms with van der Waals surface area (Å²) < 4.78 is 0. The van der Waals surface area contributed by atoms with E-state index in [1.54, 1.807) is 0 Å². The summed E-state index contributed by atoms with van der Waals surface area (Å²) in [5.41, 5.74) is 2.39. The van der Waals surface area contributed by atoms with Crippen LogP contribution in [0.2, 0.25) is 0 Å². The van der Waals surface area contributed by atoms with Crippen molar-refractivity contribution in [3.05, 3.63) is 35.4 Å². The molecule has 3 N–H and O–H groups in total. The minimum absolute atomic E-state index is 0.0925. The molecule has 1 aromatic carbocycles. The average molecular weight is 306 g/mol. The Hall–Kier alpha value is -1.55. The number of carbonyl (C=O) groups excluding carboxylic acids is 1. The van der Waals surface area contributed by atoms with Crippen LogP contribution >= 0.6 is 0 Å². The first-order chi connectivity index (χ1) is 10.4. The van der Waals surface area contributed by atoms with Crippen LogP contribution in [0.25, 0.3) is 0 Å². The molecule has 0 aliphatic heterocycles. The van der Waals surface area contributed by atoms with Gasteiger partial charge in [-0.25, -0.2) is 4.79 Å². The molecule has 4 nitrogen and oxygen atoms in total. The van der Waals surface area contributed by atoms with Gasteiger partial charge in [0.15, 0.2) is 0 Å². The van der Waals surface area contributed by atoms with Crippen molar-refractivity contribution < 1.29 is 9.90 Å². The third-order valence-electron chi connectivity index (χ3n) is 3.95. The van der Waals surface area contributed by atoms with Crippen LogP contribution in [-0.4, -0.2) is 30.3 Å². The monoisotopic (exact) mass is 306 g/mol. The molecule has 0 bridgehead atoms. The lowest BCUT2D eigenvalue weighted by Gasteiger charge is -2.25. The fourth-order valence-corrected chi connectivity index (χ4v) is 2.25. The van der Waals surface area contributed by atoms with Crippen molar-refractivity contribution in [1.82, 2.24) is 10.6 Å². The highest BCUT2D eigenvalue weighted by Gasteiger charge is 2.19. The fraction of sp³-hybridized carbons (Fsp3) is 0.611. The van der Waals surface area contributed by atoms with E-state index >= 15 is 0 Å². The molecule has 0 saturated carbocycles. The Morgan fingerprint density at radius 2 is 1.91 bits per heavy atom. The van der Waals surface area contributed by atoms with Gasteiger partial charge in [-0.3, -0.25) is 0 Å². The van der Waals surface area contributed by atoms with Gasteiger partial charge in [-0.05, 0) is 37.2 Å². The molecule has 0 fully saturated rings. The van der Waals surface area contributed by atoms with Crippen LogP contribution in [0.3, 0.4) is 0 Å². The summed E-state index contributed by atoms with van der Waals surface area (Å²) in [6, 6.07) is 8.41. The molecule has 0 saturated heterocycles. The van der Waals surface area contributed by atoms with Crippen LogP contribution in [-0.2, 0) is 6.42 Å². The molecule has 1 unspecified atom stereocenters. The predicted molar refractivity (Wildman–Crippen MR) is 91.0 cm³/mol. The van der Waals surface area contributed by atoms with E-state index in [-0.39, 0.29) is 24.1 Å². The summed E-state index contributed by atoms with van der Waals surface area (Å²) in [7, 11) is 0. The number of urea groups is 1. The van der Waals surface area contributed by atoms with Crippen molar-refractivity contribution in [3.8, 4) is 0 Å². The van der Waals surface area contributed by atoms with Gasteiger partial charge in [0.05, 0.1) is 0 Å². The zero-order chi connectivity index (χ0) is 16.6. The normalized spacial score (nSPS) is 12.8. The zero-order valence-electron chi connectivity index (χ0n) is 14.3. The molecule has 0 heterocycles. The van der Waals surface area contributed by atoms with Crippen LogP contribution in [0.15, 0.2) is 24.3 Å². The summed E-state index contributed by atoms with van der Waals surface area (Å²) in [5.74, 6) is 0. The summed E-state index contributed by atoms with van der Waals surface area (Å²) in [6.45, 7) is 8.91. The molecule has 2 amide bonds. The zero-order valence-corrected chi connectivity index (χ0v) is 14.3. The quantitative estimate of drug-likeness (QED) is 0.691. The van der Waals surface area contributed by atoms with Gasteiger partial charge in [-0.2, -0.15) is 0 Å². The topological polar surface area (TPSA) is 61.4 Å². The summed E-state index contributed by atoms with van der Waals surface area (Å²) in [6.07, 6.45) is 2.40. The van der Waals surface area contributed by atoms with Crippen molar-refractivity contribution in [2.45, 2.75) is 53.0 Å². The standard InChI is InChI=1S/C18H30N2O2/c1-5-16(12-15-8-6-14(2)7-9-15)20-17(22)19-13-18(3,4)10-11-21/h6-9,16,21H,5,10-13H2,1-4H3,(H2,19,20,22). The molecular weight excluding hydrogens is 276 g/mol. The molecule has 0 aliphatic rings. The Balaban J connectivity index is 2.44. The molecule has 22 heavy (non-hydrogen) atoms. The highest BCUT2D eigenvalue weighted by molar-refractivity contribution is 5.74. The van der Waals surface area contributed by atoms with Crippen molar-refractivity contribution in [2.24, 2.45) is 5.41 Å². The van der Waals surface area contributed by atoms with E-state index in [2.05, 4.69) is 48.7 Å². The number of amides is 2. The number of aryl methyl sites for hydroxylation is 1. The lowest BCUT2D eigenvalue weighted by atomic mass is 9.90. The van der Waals surface area contributed by atoms with E-state index in [9.17, 15) is 4.79 Å². The number of carbonyl (C=O) groups is 1. The maximum atomic E-state index is 12.0. The Labute approximate surface area is 134 Å². The van der Waals surface area contributed by atoms with E-state index in [0.717, 1.165) is 12.8 Å². The lowest BCUT2D eigenvalue weighted by molar-refractivity contribution is 0.200. The van der Waals surface area contributed by atoms with E-state index in [0.29, 0.717) is 13.0 Å². The third-order valence-corrected chi connectivity index (χ3v) is 3.95. The fourth-order valence-electron chi connectivity index (χ4n) is 2.25. The Bertz CT molecular complexity index is 455. The minimum atomic E-state index is -0.134.